The number of sulfone groups is 1. The van der Waals surface area contributed by atoms with Gasteiger partial charge in [0.25, 0.3) is 0 Å². The van der Waals surface area contributed by atoms with E-state index >= 15 is 0 Å². The van der Waals surface area contributed by atoms with Gasteiger partial charge in [0.05, 0.1) is 4.90 Å². The van der Waals surface area contributed by atoms with Crippen molar-refractivity contribution in [3.05, 3.63) is 47.3 Å². The molecule has 7 nitrogen and oxygen atoms in total. The molecule has 1 saturated heterocycles. The Kier molecular flexibility index (Phi) is 6.52. The van der Waals surface area contributed by atoms with Crippen LogP contribution in [0.2, 0.25) is 0 Å². The molecule has 1 fully saturated rings. The molecule has 3 rings (SSSR count). The van der Waals surface area contributed by atoms with Crippen LogP contribution in [0.1, 0.15) is 29.8 Å². The van der Waals surface area contributed by atoms with Crippen LogP contribution < -0.4 is 10.2 Å². The molecule has 0 spiro atoms. The SMILES string of the molecule is Cc1cc(C)nc(N2CCC(C(=O)NCCc3ccc(S(C)(=O)=O)cc3)CC2)n1. The molecule has 0 radical (unpaired) electrons. The van der Waals surface area contributed by atoms with Gasteiger partial charge in [0.15, 0.2) is 9.84 Å². The molecule has 0 aliphatic carbocycles. The smallest absolute Gasteiger partial charge is 0.225 e. The minimum absolute atomic E-state index is 0.00441. The molecule has 1 amide bonds. The van der Waals surface area contributed by atoms with Crippen molar-refractivity contribution in [1.82, 2.24) is 15.3 Å². The summed E-state index contributed by atoms with van der Waals surface area (Å²) in [5.74, 6) is 0.836. The standard InChI is InChI=1S/C21H28N4O3S/c1-15-14-16(2)24-21(23-15)25-12-9-18(10-13-25)20(26)22-11-8-17-4-6-19(7-5-17)29(3,27)28/h4-7,14,18H,8-13H2,1-3H3,(H,22,26). The second-order valence-corrected chi connectivity index (χ2v) is 9.68. The van der Waals surface area contributed by atoms with Crippen LogP contribution in [0.25, 0.3) is 0 Å². The molecule has 2 aromatic rings. The predicted molar refractivity (Wildman–Crippen MR) is 113 cm³/mol. The van der Waals surface area contributed by atoms with E-state index in [1.54, 1.807) is 24.3 Å². The molecule has 156 valence electrons. The lowest BCUT2D eigenvalue weighted by Gasteiger charge is -2.31. The van der Waals surface area contributed by atoms with Gasteiger partial charge >= 0.3 is 0 Å². The molecule has 29 heavy (non-hydrogen) atoms. The number of carbonyl (C=O) groups is 1. The van der Waals surface area contributed by atoms with Crippen molar-refractivity contribution < 1.29 is 13.2 Å². The summed E-state index contributed by atoms with van der Waals surface area (Å²) in [6, 6.07) is 8.77. The quantitative estimate of drug-likeness (QED) is 0.775. The minimum Gasteiger partial charge on any atom is -0.356 e. The zero-order valence-corrected chi connectivity index (χ0v) is 18.0. The molecule has 1 aliphatic rings. The topological polar surface area (TPSA) is 92.3 Å². The van der Waals surface area contributed by atoms with Crippen LogP contribution in [0.5, 0.6) is 0 Å². The molecule has 0 bridgehead atoms. The van der Waals surface area contributed by atoms with Gasteiger partial charge in [-0.2, -0.15) is 0 Å². The fourth-order valence-electron chi connectivity index (χ4n) is 3.57. The monoisotopic (exact) mass is 416 g/mol. The van der Waals surface area contributed by atoms with Crippen molar-refractivity contribution in [2.45, 2.75) is 38.0 Å². The average Bonchev–Trinajstić information content (AvgIpc) is 2.67. The molecular weight excluding hydrogens is 388 g/mol. The van der Waals surface area contributed by atoms with Crippen molar-refractivity contribution >= 4 is 21.7 Å². The van der Waals surface area contributed by atoms with E-state index in [1.807, 2.05) is 19.9 Å². The van der Waals surface area contributed by atoms with Crippen LogP contribution in [-0.2, 0) is 21.1 Å². The Hall–Kier alpha value is -2.48. The van der Waals surface area contributed by atoms with E-state index in [0.717, 1.165) is 48.8 Å². The van der Waals surface area contributed by atoms with Crippen LogP contribution in [0.3, 0.4) is 0 Å². The summed E-state index contributed by atoms with van der Waals surface area (Å²) in [6.07, 6.45) is 3.43. The van der Waals surface area contributed by atoms with E-state index in [2.05, 4.69) is 20.2 Å². The van der Waals surface area contributed by atoms with Gasteiger partial charge < -0.3 is 10.2 Å². The number of carbonyl (C=O) groups excluding carboxylic acids is 1. The van der Waals surface area contributed by atoms with E-state index in [1.165, 1.54) is 6.26 Å². The molecule has 1 aliphatic heterocycles. The van der Waals surface area contributed by atoms with Gasteiger partial charge in [0.2, 0.25) is 11.9 Å². The molecule has 1 aromatic carbocycles. The number of nitrogens with zero attached hydrogens (tertiary/aromatic N) is 3. The Balaban J connectivity index is 1.45. The van der Waals surface area contributed by atoms with Crippen molar-refractivity contribution in [3.8, 4) is 0 Å². The average molecular weight is 417 g/mol. The van der Waals surface area contributed by atoms with E-state index in [4.69, 9.17) is 0 Å². The summed E-state index contributed by atoms with van der Waals surface area (Å²) < 4.78 is 23.0. The largest absolute Gasteiger partial charge is 0.356 e. The molecule has 1 N–H and O–H groups in total. The lowest BCUT2D eigenvalue weighted by atomic mass is 9.96. The first-order valence-corrected chi connectivity index (χ1v) is 11.8. The molecule has 0 atom stereocenters. The third-order valence-corrected chi connectivity index (χ3v) is 6.31. The number of piperidine rings is 1. The molecule has 8 heteroatoms. The van der Waals surface area contributed by atoms with E-state index in [9.17, 15) is 13.2 Å². The van der Waals surface area contributed by atoms with Gasteiger partial charge in [0, 0.05) is 43.2 Å². The highest BCUT2D eigenvalue weighted by atomic mass is 32.2. The van der Waals surface area contributed by atoms with Gasteiger partial charge in [0.1, 0.15) is 0 Å². The number of hydrogen-bond donors (Lipinski definition) is 1. The van der Waals surface area contributed by atoms with Gasteiger partial charge in [-0.3, -0.25) is 4.79 Å². The maximum Gasteiger partial charge on any atom is 0.225 e. The lowest BCUT2D eigenvalue weighted by molar-refractivity contribution is -0.125. The van der Waals surface area contributed by atoms with Crippen LogP contribution in [0.15, 0.2) is 35.2 Å². The second-order valence-electron chi connectivity index (χ2n) is 7.67. The van der Waals surface area contributed by atoms with Crippen LogP contribution in [0.4, 0.5) is 5.95 Å². The number of amides is 1. The summed E-state index contributed by atoms with van der Waals surface area (Å²) >= 11 is 0. The van der Waals surface area contributed by atoms with Gasteiger partial charge in [-0.1, -0.05) is 12.1 Å². The van der Waals surface area contributed by atoms with Gasteiger partial charge in [-0.25, -0.2) is 18.4 Å². The zero-order chi connectivity index (χ0) is 21.0. The number of hydrogen-bond acceptors (Lipinski definition) is 6. The maximum atomic E-state index is 12.5. The van der Waals surface area contributed by atoms with Gasteiger partial charge in [-0.05, 0) is 56.9 Å². The first-order valence-electron chi connectivity index (χ1n) is 9.86. The number of rotatable bonds is 6. The van der Waals surface area contributed by atoms with Crippen LogP contribution in [0, 0.1) is 19.8 Å². The predicted octanol–water partition coefficient (Wildman–Crippen LogP) is 2.07. The number of nitrogens with one attached hydrogen (secondary N) is 1. The van der Waals surface area contributed by atoms with Crippen molar-refractivity contribution in [1.29, 1.82) is 0 Å². The fourth-order valence-corrected chi connectivity index (χ4v) is 4.20. The summed E-state index contributed by atoms with van der Waals surface area (Å²) in [7, 11) is -3.18. The summed E-state index contributed by atoms with van der Waals surface area (Å²) in [6.45, 7) is 6.01. The normalized spacial score (nSPS) is 15.3. The molecule has 0 saturated carbocycles. The third-order valence-electron chi connectivity index (χ3n) is 5.18. The molecule has 2 heterocycles. The van der Waals surface area contributed by atoms with E-state index in [0.29, 0.717) is 17.9 Å². The van der Waals surface area contributed by atoms with E-state index < -0.39 is 9.84 Å². The van der Waals surface area contributed by atoms with Crippen molar-refractivity contribution in [2.75, 3.05) is 30.8 Å². The Bertz CT molecular complexity index is 946. The molecular formula is C21H28N4O3S. The lowest BCUT2D eigenvalue weighted by Crippen LogP contribution is -2.41. The Morgan fingerprint density at radius 3 is 2.24 bits per heavy atom. The van der Waals surface area contributed by atoms with Crippen molar-refractivity contribution in [2.24, 2.45) is 5.92 Å². The second kappa shape index (κ2) is 8.90. The number of anilines is 1. The number of aromatic nitrogens is 2. The third kappa shape index (κ3) is 5.76. The van der Waals surface area contributed by atoms with Crippen LogP contribution >= 0.6 is 0 Å². The first-order chi connectivity index (χ1) is 13.7. The van der Waals surface area contributed by atoms with Crippen LogP contribution in [-0.4, -0.2) is 50.2 Å². The Morgan fingerprint density at radius 1 is 1.10 bits per heavy atom. The molecule has 1 aromatic heterocycles. The molecule has 0 unspecified atom stereocenters. The van der Waals surface area contributed by atoms with Gasteiger partial charge in [-0.15, -0.1) is 0 Å². The Morgan fingerprint density at radius 2 is 1.69 bits per heavy atom. The summed E-state index contributed by atoms with van der Waals surface area (Å²) in [5, 5.41) is 3.01. The minimum atomic E-state index is -3.18. The van der Waals surface area contributed by atoms with E-state index in [-0.39, 0.29) is 11.8 Å². The van der Waals surface area contributed by atoms with Crippen molar-refractivity contribution in [3.63, 3.8) is 0 Å². The zero-order valence-electron chi connectivity index (χ0n) is 17.2. The summed E-state index contributed by atoms with van der Waals surface area (Å²) in [5.41, 5.74) is 2.91. The highest BCUT2D eigenvalue weighted by molar-refractivity contribution is 7.90. The fraction of sp³-hybridized carbons (Fsp3) is 0.476. The first kappa shape index (κ1) is 21.2. The Labute approximate surface area is 172 Å². The highest BCUT2D eigenvalue weighted by Gasteiger charge is 2.26. The number of benzene rings is 1. The maximum absolute atomic E-state index is 12.5. The summed E-state index contributed by atoms with van der Waals surface area (Å²) in [4.78, 5) is 24.0. The number of aryl methyl sites for hydroxylation is 2. The highest BCUT2D eigenvalue weighted by Crippen LogP contribution is 2.21.